The van der Waals surface area contributed by atoms with E-state index in [-0.39, 0.29) is 41.6 Å². The van der Waals surface area contributed by atoms with Gasteiger partial charge in [-0.25, -0.2) is 0 Å². The minimum absolute atomic E-state index is 0. The van der Waals surface area contributed by atoms with Gasteiger partial charge in [0.1, 0.15) is 6.04 Å². The molecule has 1 aliphatic rings. The van der Waals surface area contributed by atoms with Crippen molar-refractivity contribution in [2.24, 2.45) is 17.1 Å². The van der Waals surface area contributed by atoms with Gasteiger partial charge >= 0.3 is 0 Å². The first-order valence-corrected chi connectivity index (χ1v) is 8.25. The molecule has 0 saturated carbocycles. The van der Waals surface area contributed by atoms with Crippen molar-refractivity contribution in [1.82, 2.24) is 10.2 Å². The Balaban J connectivity index is 0.00000400. The van der Waals surface area contributed by atoms with Gasteiger partial charge in [0.2, 0.25) is 11.8 Å². The monoisotopic (exact) mass is 337 g/mol. The molecule has 7 heteroatoms. The first kappa shape index (κ1) is 20.5. The maximum Gasteiger partial charge on any atom is 0.243 e. The maximum absolute atomic E-state index is 12.3. The first-order chi connectivity index (χ1) is 9.24. The molecule has 1 saturated heterocycles. The quantitative estimate of drug-likeness (QED) is 0.796. The lowest BCUT2D eigenvalue weighted by Crippen LogP contribution is -2.48. The second-order valence-corrected chi connectivity index (χ2v) is 7.70. The summed E-state index contributed by atoms with van der Waals surface area (Å²) in [7, 11) is 0. The third kappa shape index (κ3) is 6.89. The number of hydrogen-bond acceptors (Lipinski definition) is 4. The van der Waals surface area contributed by atoms with Crippen LogP contribution in [0.4, 0.5) is 0 Å². The van der Waals surface area contributed by atoms with E-state index in [0.717, 1.165) is 0 Å². The van der Waals surface area contributed by atoms with E-state index in [1.54, 1.807) is 16.7 Å². The molecule has 1 rings (SSSR count). The molecule has 1 fully saturated rings. The molecule has 0 aromatic heterocycles. The summed E-state index contributed by atoms with van der Waals surface area (Å²) in [6.45, 7) is 9.21. The lowest BCUT2D eigenvalue weighted by atomic mass is 9.91. The Morgan fingerprint density at radius 3 is 2.57 bits per heavy atom. The molecule has 0 aromatic rings. The van der Waals surface area contributed by atoms with Gasteiger partial charge in [0, 0.05) is 18.7 Å². The van der Waals surface area contributed by atoms with E-state index >= 15 is 0 Å². The molecular weight excluding hydrogens is 310 g/mol. The lowest BCUT2D eigenvalue weighted by molar-refractivity contribution is -0.139. The fourth-order valence-electron chi connectivity index (χ4n) is 1.94. The average Bonchev–Trinajstić information content (AvgIpc) is 2.82. The van der Waals surface area contributed by atoms with Crippen LogP contribution in [0.5, 0.6) is 0 Å². The number of rotatable bonds is 5. The van der Waals surface area contributed by atoms with Crippen LogP contribution in [-0.4, -0.2) is 47.5 Å². The zero-order chi connectivity index (χ0) is 15.3. The third-order valence-corrected chi connectivity index (χ3v) is 4.23. The van der Waals surface area contributed by atoms with E-state index in [1.807, 2.05) is 27.7 Å². The Morgan fingerprint density at radius 2 is 2.05 bits per heavy atom. The zero-order valence-electron chi connectivity index (χ0n) is 13.3. The predicted octanol–water partition coefficient (Wildman–Crippen LogP) is 1.46. The molecule has 124 valence electrons. The Bertz CT molecular complexity index is 361. The van der Waals surface area contributed by atoms with Crippen molar-refractivity contribution >= 4 is 36.0 Å². The highest BCUT2D eigenvalue weighted by Gasteiger charge is 2.35. The number of nitrogens with one attached hydrogen (secondary N) is 1. The molecule has 0 aliphatic carbocycles. The van der Waals surface area contributed by atoms with Gasteiger partial charge in [-0.1, -0.05) is 27.7 Å². The zero-order valence-corrected chi connectivity index (χ0v) is 15.0. The largest absolute Gasteiger partial charge is 0.354 e. The van der Waals surface area contributed by atoms with Gasteiger partial charge in [0.25, 0.3) is 0 Å². The summed E-state index contributed by atoms with van der Waals surface area (Å²) in [6, 6.07) is -0.333. The molecule has 21 heavy (non-hydrogen) atoms. The van der Waals surface area contributed by atoms with Crippen molar-refractivity contribution in [2.75, 3.05) is 24.7 Å². The number of amides is 2. The molecule has 0 spiro atoms. The summed E-state index contributed by atoms with van der Waals surface area (Å²) in [4.78, 5) is 26.2. The van der Waals surface area contributed by atoms with Crippen LogP contribution in [0.1, 0.15) is 34.1 Å². The smallest absolute Gasteiger partial charge is 0.243 e. The van der Waals surface area contributed by atoms with Crippen LogP contribution >= 0.6 is 24.2 Å². The number of carbonyl (C=O) groups excluding carboxylic acids is 2. The highest BCUT2D eigenvalue weighted by Crippen LogP contribution is 2.26. The average molecular weight is 338 g/mol. The first-order valence-electron chi connectivity index (χ1n) is 7.09. The highest BCUT2D eigenvalue weighted by molar-refractivity contribution is 7.99. The van der Waals surface area contributed by atoms with Gasteiger partial charge in [-0.3, -0.25) is 9.59 Å². The number of nitrogens with two attached hydrogens (primary N) is 1. The Labute approximate surface area is 138 Å². The van der Waals surface area contributed by atoms with Crippen molar-refractivity contribution in [3.05, 3.63) is 0 Å². The summed E-state index contributed by atoms with van der Waals surface area (Å²) in [5, 5.41) is 2.90. The predicted molar refractivity (Wildman–Crippen MR) is 90.5 cm³/mol. The minimum Gasteiger partial charge on any atom is -0.354 e. The molecule has 5 nitrogen and oxygen atoms in total. The summed E-state index contributed by atoms with van der Waals surface area (Å²) in [6.07, 6.45) is 0.469. The maximum atomic E-state index is 12.3. The Hall–Kier alpha value is -0.460. The fraction of sp³-hybridized carbons (Fsp3) is 0.857. The summed E-state index contributed by atoms with van der Waals surface area (Å²) in [5.41, 5.74) is 5.48. The minimum atomic E-state index is -0.333. The van der Waals surface area contributed by atoms with Crippen molar-refractivity contribution in [1.29, 1.82) is 0 Å². The molecule has 2 atom stereocenters. The van der Waals surface area contributed by atoms with Gasteiger partial charge in [0.15, 0.2) is 0 Å². The van der Waals surface area contributed by atoms with Gasteiger partial charge in [0.05, 0.1) is 5.88 Å². The highest BCUT2D eigenvalue weighted by atomic mass is 35.5. The SMILES string of the molecule is CC(CN)CNC(=O)C1CSCN1C(=O)CC(C)(C)C.Cl. The van der Waals surface area contributed by atoms with Crippen molar-refractivity contribution in [3.63, 3.8) is 0 Å². The number of nitrogens with zero attached hydrogens (tertiary/aromatic N) is 1. The van der Waals surface area contributed by atoms with E-state index < -0.39 is 0 Å². The summed E-state index contributed by atoms with van der Waals surface area (Å²) < 4.78 is 0. The molecular formula is C14H28ClN3O2S. The fourth-order valence-corrected chi connectivity index (χ4v) is 3.12. The van der Waals surface area contributed by atoms with Gasteiger partial charge in [-0.15, -0.1) is 24.2 Å². The van der Waals surface area contributed by atoms with Crippen LogP contribution < -0.4 is 11.1 Å². The van der Waals surface area contributed by atoms with E-state index in [9.17, 15) is 9.59 Å². The molecule has 0 bridgehead atoms. The molecule has 0 aromatic carbocycles. The van der Waals surface area contributed by atoms with Crippen LogP contribution in [-0.2, 0) is 9.59 Å². The van der Waals surface area contributed by atoms with Crippen LogP contribution in [0.2, 0.25) is 0 Å². The Kier molecular flexibility index (Phi) is 8.66. The summed E-state index contributed by atoms with van der Waals surface area (Å²) in [5.74, 6) is 1.55. The van der Waals surface area contributed by atoms with Gasteiger partial charge in [-0.05, 0) is 17.9 Å². The summed E-state index contributed by atoms with van der Waals surface area (Å²) >= 11 is 1.63. The normalized spacial score (nSPS) is 19.9. The van der Waals surface area contributed by atoms with E-state index in [1.165, 1.54) is 0 Å². The lowest BCUT2D eigenvalue weighted by Gasteiger charge is -2.27. The van der Waals surface area contributed by atoms with Gasteiger partial charge in [-0.2, -0.15) is 0 Å². The second-order valence-electron chi connectivity index (χ2n) is 6.70. The molecule has 0 radical (unpaired) electrons. The number of hydrogen-bond donors (Lipinski definition) is 2. The van der Waals surface area contributed by atoms with Crippen molar-refractivity contribution < 1.29 is 9.59 Å². The van der Waals surface area contributed by atoms with Crippen molar-refractivity contribution in [3.8, 4) is 0 Å². The van der Waals surface area contributed by atoms with Crippen LogP contribution in [0.15, 0.2) is 0 Å². The molecule has 2 unspecified atom stereocenters. The Morgan fingerprint density at radius 1 is 1.43 bits per heavy atom. The molecule has 1 heterocycles. The van der Waals surface area contributed by atoms with Crippen LogP contribution in [0, 0.1) is 11.3 Å². The van der Waals surface area contributed by atoms with E-state index in [0.29, 0.717) is 31.1 Å². The van der Waals surface area contributed by atoms with Gasteiger partial charge < -0.3 is 16.0 Å². The second kappa shape index (κ2) is 8.86. The topological polar surface area (TPSA) is 75.4 Å². The standard InChI is InChI=1S/C14H27N3O2S.ClH/c1-10(6-15)7-16-13(19)11-8-20-9-17(11)12(18)5-14(2,3)4;/h10-11H,5-9,15H2,1-4H3,(H,16,19);1H. The molecule has 3 N–H and O–H groups in total. The number of carbonyl (C=O) groups is 2. The van der Waals surface area contributed by atoms with Crippen LogP contribution in [0.3, 0.4) is 0 Å². The molecule has 2 amide bonds. The number of thioether (sulfide) groups is 1. The third-order valence-electron chi connectivity index (χ3n) is 3.21. The van der Waals surface area contributed by atoms with Crippen molar-refractivity contribution in [2.45, 2.75) is 40.2 Å². The van der Waals surface area contributed by atoms with E-state index in [2.05, 4.69) is 5.32 Å². The van der Waals surface area contributed by atoms with E-state index in [4.69, 9.17) is 5.73 Å². The molecule has 1 aliphatic heterocycles. The van der Waals surface area contributed by atoms with Crippen LogP contribution in [0.25, 0.3) is 0 Å². The number of halogens is 1.